The average molecular weight is 106 g/mol. The van der Waals surface area contributed by atoms with Crippen LogP contribution in [0.25, 0.3) is 0 Å². The van der Waals surface area contributed by atoms with E-state index in [1.54, 1.807) is 11.8 Å². The largest absolute Gasteiger partial charge is 0.367 e. The molecule has 6 heavy (non-hydrogen) atoms. The zero-order valence-electron chi connectivity index (χ0n) is 3.16. The molecule has 1 aliphatic rings. The Hall–Kier alpha value is 0.270. The quantitative estimate of drug-likeness (QED) is 0.347. The van der Waals surface area contributed by atoms with E-state index in [4.69, 9.17) is 10.2 Å². The van der Waals surface area contributed by atoms with Gasteiger partial charge in [0.1, 0.15) is 0 Å². The minimum atomic E-state index is -1.07. The molecular weight excluding hydrogens is 100 g/mol. The Labute approximate surface area is 40.2 Å². The summed E-state index contributed by atoms with van der Waals surface area (Å²) in [6.07, 6.45) is -1.07. The zero-order chi connectivity index (χ0) is 4.57. The zero-order valence-corrected chi connectivity index (χ0v) is 3.98. The van der Waals surface area contributed by atoms with Gasteiger partial charge < -0.3 is 10.2 Å². The first-order valence-corrected chi connectivity index (χ1v) is 2.83. The molecule has 1 atom stereocenters. The van der Waals surface area contributed by atoms with Gasteiger partial charge in [-0.3, -0.25) is 0 Å². The molecule has 0 spiro atoms. The van der Waals surface area contributed by atoms with Crippen molar-refractivity contribution in [3.05, 3.63) is 0 Å². The van der Waals surface area contributed by atoms with Crippen molar-refractivity contribution in [3.8, 4) is 0 Å². The molecule has 1 heterocycles. The van der Waals surface area contributed by atoms with Crippen LogP contribution in [0.5, 0.6) is 0 Å². The molecule has 1 unspecified atom stereocenters. The number of hydrogen-bond donors (Lipinski definition) is 2. The Bertz CT molecular complexity index is 50.8. The standard InChI is InChI=1S/C3H6O2S/c4-3(5)2-1-6-2/h2-5H,1H2. The summed E-state index contributed by atoms with van der Waals surface area (Å²) in [4.78, 5) is 0. The molecular formula is C3H6O2S. The molecule has 0 aromatic heterocycles. The first-order chi connectivity index (χ1) is 2.80. The monoisotopic (exact) mass is 106 g/mol. The highest BCUT2D eigenvalue weighted by Gasteiger charge is 2.28. The Morgan fingerprint density at radius 3 is 2.17 bits per heavy atom. The molecule has 0 aliphatic carbocycles. The fraction of sp³-hybridized carbons (Fsp3) is 1.00. The van der Waals surface area contributed by atoms with Crippen molar-refractivity contribution >= 4 is 11.8 Å². The van der Waals surface area contributed by atoms with Crippen molar-refractivity contribution in [1.29, 1.82) is 0 Å². The third-order valence-corrected chi connectivity index (χ3v) is 1.65. The number of aliphatic hydroxyl groups excluding tert-OH is 1. The molecule has 3 heteroatoms. The fourth-order valence-electron chi connectivity index (χ4n) is 0.228. The first-order valence-electron chi connectivity index (χ1n) is 1.78. The summed E-state index contributed by atoms with van der Waals surface area (Å²) in [5, 5.41) is 16.6. The van der Waals surface area contributed by atoms with Crippen LogP contribution in [0.1, 0.15) is 0 Å². The molecule has 1 aliphatic heterocycles. The minimum Gasteiger partial charge on any atom is -0.367 e. The maximum absolute atomic E-state index is 8.23. The third kappa shape index (κ3) is 0.864. The van der Waals surface area contributed by atoms with E-state index in [0.29, 0.717) is 0 Å². The molecule has 1 rings (SSSR count). The summed E-state index contributed by atoms with van der Waals surface area (Å²) in [6.45, 7) is 0. The summed E-state index contributed by atoms with van der Waals surface area (Å²) in [7, 11) is 0. The van der Waals surface area contributed by atoms with Gasteiger partial charge in [0.15, 0.2) is 6.29 Å². The Morgan fingerprint density at radius 2 is 2.17 bits per heavy atom. The fourth-order valence-corrected chi connectivity index (χ4v) is 0.683. The second kappa shape index (κ2) is 1.40. The van der Waals surface area contributed by atoms with Gasteiger partial charge in [0.05, 0.1) is 5.25 Å². The average Bonchev–Trinajstić information content (AvgIpc) is 2.06. The van der Waals surface area contributed by atoms with E-state index in [1.165, 1.54) is 0 Å². The molecule has 0 saturated carbocycles. The predicted molar refractivity (Wildman–Crippen MR) is 24.5 cm³/mol. The third-order valence-electron chi connectivity index (χ3n) is 0.692. The van der Waals surface area contributed by atoms with Gasteiger partial charge in [-0.05, 0) is 0 Å². The lowest BCUT2D eigenvalue weighted by Gasteiger charge is -1.91. The van der Waals surface area contributed by atoms with Gasteiger partial charge in [-0.1, -0.05) is 0 Å². The van der Waals surface area contributed by atoms with Gasteiger partial charge in [0.2, 0.25) is 0 Å². The second-order valence-corrected chi connectivity index (χ2v) is 2.56. The van der Waals surface area contributed by atoms with Gasteiger partial charge in [-0.2, -0.15) is 11.8 Å². The van der Waals surface area contributed by atoms with Gasteiger partial charge in [0, 0.05) is 5.75 Å². The molecule has 0 bridgehead atoms. The van der Waals surface area contributed by atoms with E-state index < -0.39 is 6.29 Å². The van der Waals surface area contributed by atoms with Crippen molar-refractivity contribution in [1.82, 2.24) is 0 Å². The van der Waals surface area contributed by atoms with Gasteiger partial charge in [0.25, 0.3) is 0 Å². The van der Waals surface area contributed by atoms with Crippen molar-refractivity contribution in [3.63, 3.8) is 0 Å². The van der Waals surface area contributed by atoms with E-state index in [9.17, 15) is 0 Å². The van der Waals surface area contributed by atoms with E-state index in [0.717, 1.165) is 5.75 Å². The second-order valence-electron chi connectivity index (χ2n) is 1.29. The molecule has 0 aromatic carbocycles. The summed E-state index contributed by atoms with van der Waals surface area (Å²) in [6, 6.07) is 0. The van der Waals surface area contributed by atoms with Crippen LogP contribution >= 0.6 is 11.8 Å². The van der Waals surface area contributed by atoms with Crippen LogP contribution in [-0.4, -0.2) is 27.5 Å². The number of rotatable bonds is 1. The SMILES string of the molecule is OC(O)C1CS1. The van der Waals surface area contributed by atoms with Crippen LogP contribution in [0, 0.1) is 0 Å². The van der Waals surface area contributed by atoms with Crippen molar-refractivity contribution in [2.45, 2.75) is 11.5 Å². The summed E-state index contributed by atoms with van der Waals surface area (Å²) in [5.74, 6) is 0.914. The molecule has 1 fully saturated rings. The van der Waals surface area contributed by atoms with Crippen molar-refractivity contribution in [2.24, 2.45) is 0 Å². The summed E-state index contributed by atoms with van der Waals surface area (Å²) < 4.78 is 0. The number of hydrogen-bond acceptors (Lipinski definition) is 3. The van der Waals surface area contributed by atoms with Crippen LogP contribution in [0.15, 0.2) is 0 Å². The number of aliphatic hydroxyl groups is 2. The Kier molecular flexibility index (Phi) is 1.04. The van der Waals surface area contributed by atoms with E-state index in [1.807, 2.05) is 0 Å². The predicted octanol–water partition coefficient (Wildman–Crippen LogP) is -0.588. The topological polar surface area (TPSA) is 40.5 Å². The van der Waals surface area contributed by atoms with E-state index in [-0.39, 0.29) is 5.25 Å². The van der Waals surface area contributed by atoms with Crippen LogP contribution in [0.2, 0.25) is 0 Å². The lowest BCUT2D eigenvalue weighted by molar-refractivity contribution is -0.0309. The molecule has 0 aromatic rings. The van der Waals surface area contributed by atoms with Crippen LogP contribution < -0.4 is 0 Å². The normalized spacial score (nSPS) is 31.5. The van der Waals surface area contributed by atoms with E-state index in [2.05, 4.69) is 0 Å². The van der Waals surface area contributed by atoms with Gasteiger partial charge in [-0.15, -0.1) is 0 Å². The first kappa shape index (κ1) is 4.43. The Balaban J connectivity index is 2.13. The maximum atomic E-state index is 8.23. The van der Waals surface area contributed by atoms with Gasteiger partial charge >= 0.3 is 0 Å². The van der Waals surface area contributed by atoms with Crippen LogP contribution in [0.4, 0.5) is 0 Å². The molecule has 0 radical (unpaired) electrons. The smallest absolute Gasteiger partial charge is 0.164 e. The van der Waals surface area contributed by atoms with Crippen molar-refractivity contribution < 1.29 is 10.2 Å². The Morgan fingerprint density at radius 1 is 1.67 bits per heavy atom. The highest BCUT2D eigenvalue weighted by Crippen LogP contribution is 2.31. The lowest BCUT2D eigenvalue weighted by atomic mass is 10.5. The highest BCUT2D eigenvalue weighted by molar-refractivity contribution is 8.06. The molecule has 2 nitrogen and oxygen atoms in total. The molecule has 36 valence electrons. The summed E-state index contributed by atoms with van der Waals surface area (Å²) >= 11 is 1.58. The minimum absolute atomic E-state index is 0.130. The van der Waals surface area contributed by atoms with Gasteiger partial charge in [-0.25, -0.2) is 0 Å². The molecule has 2 N–H and O–H groups in total. The number of thioether (sulfide) groups is 1. The van der Waals surface area contributed by atoms with E-state index >= 15 is 0 Å². The lowest BCUT2D eigenvalue weighted by Crippen LogP contribution is -2.10. The molecule has 0 amide bonds. The maximum Gasteiger partial charge on any atom is 0.164 e. The highest BCUT2D eigenvalue weighted by atomic mass is 32.2. The van der Waals surface area contributed by atoms with Crippen LogP contribution in [0.3, 0.4) is 0 Å². The summed E-state index contributed by atoms with van der Waals surface area (Å²) in [5.41, 5.74) is 0. The molecule has 1 saturated heterocycles. The van der Waals surface area contributed by atoms with Crippen LogP contribution in [-0.2, 0) is 0 Å². The van der Waals surface area contributed by atoms with Crippen molar-refractivity contribution in [2.75, 3.05) is 5.75 Å².